The van der Waals surface area contributed by atoms with E-state index in [4.69, 9.17) is 9.47 Å². The first-order chi connectivity index (χ1) is 13.3. The first-order valence-corrected chi connectivity index (χ1v) is 10.1. The SMILES string of the molecule is CCOC(Cc1ccc(OCCn2c(C(C)C)ccc2C(C)C)cc1)C(=O)O. The number of aliphatic carboxylic acids is 1. The molecule has 0 radical (unpaired) electrons. The maximum absolute atomic E-state index is 11.2. The van der Waals surface area contributed by atoms with Gasteiger partial charge < -0.3 is 19.1 Å². The van der Waals surface area contributed by atoms with Gasteiger partial charge in [-0.05, 0) is 48.6 Å². The molecule has 0 saturated heterocycles. The molecule has 1 unspecified atom stereocenters. The van der Waals surface area contributed by atoms with Gasteiger partial charge in [0.05, 0.1) is 6.54 Å². The number of ether oxygens (including phenoxy) is 2. The standard InChI is InChI=1S/C23H33NO4/c1-6-27-22(23(25)26)15-18-7-9-19(10-8-18)28-14-13-24-20(16(2)3)11-12-21(24)17(4)5/h7-12,16-17,22H,6,13-15H2,1-5H3,(H,25,26). The smallest absolute Gasteiger partial charge is 0.333 e. The number of nitrogens with zero attached hydrogens (tertiary/aromatic N) is 1. The Kier molecular flexibility index (Phi) is 8.12. The first kappa shape index (κ1) is 22.0. The molecule has 1 aromatic carbocycles. The lowest BCUT2D eigenvalue weighted by Crippen LogP contribution is -2.26. The highest BCUT2D eigenvalue weighted by Crippen LogP contribution is 2.24. The zero-order chi connectivity index (χ0) is 20.7. The van der Waals surface area contributed by atoms with Crippen molar-refractivity contribution in [3.05, 3.63) is 53.3 Å². The van der Waals surface area contributed by atoms with E-state index < -0.39 is 12.1 Å². The summed E-state index contributed by atoms with van der Waals surface area (Å²) in [5.41, 5.74) is 3.58. The van der Waals surface area contributed by atoms with Crippen molar-refractivity contribution in [2.75, 3.05) is 13.2 Å². The van der Waals surface area contributed by atoms with Gasteiger partial charge in [-0.1, -0.05) is 39.8 Å². The lowest BCUT2D eigenvalue weighted by molar-refractivity contribution is -0.149. The summed E-state index contributed by atoms with van der Waals surface area (Å²) in [4.78, 5) is 11.2. The molecule has 1 N–H and O–H groups in total. The lowest BCUT2D eigenvalue weighted by atomic mass is 10.1. The van der Waals surface area contributed by atoms with E-state index in [1.807, 2.05) is 24.3 Å². The van der Waals surface area contributed by atoms with Crippen molar-refractivity contribution in [1.29, 1.82) is 0 Å². The Morgan fingerprint density at radius 2 is 1.57 bits per heavy atom. The Morgan fingerprint density at radius 3 is 2.04 bits per heavy atom. The third kappa shape index (κ3) is 5.86. The highest BCUT2D eigenvalue weighted by Gasteiger charge is 2.18. The molecule has 1 aromatic heterocycles. The lowest BCUT2D eigenvalue weighted by Gasteiger charge is -2.18. The van der Waals surface area contributed by atoms with Crippen LogP contribution in [0.2, 0.25) is 0 Å². The highest BCUT2D eigenvalue weighted by molar-refractivity contribution is 5.72. The van der Waals surface area contributed by atoms with Crippen LogP contribution in [0.15, 0.2) is 36.4 Å². The van der Waals surface area contributed by atoms with Crippen LogP contribution < -0.4 is 4.74 Å². The third-order valence-electron chi connectivity index (χ3n) is 4.80. The van der Waals surface area contributed by atoms with Crippen LogP contribution in [0.4, 0.5) is 0 Å². The minimum Gasteiger partial charge on any atom is -0.492 e. The molecular weight excluding hydrogens is 354 g/mol. The van der Waals surface area contributed by atoms with Crippen molar-refractivity contribution in [2.45, 2.75) is 65.5 Å². The molecule has 5 nitrogen and oxygen atoms in total. The van der Waals surface area contributed by atoms with Gasteiger partial charge in [0.25, 0.3) is 0 Å². The zero-order valence-corrected chi connectivity index (χ0v) is 17.6. The van der Waals surface area contributed by atoms with Crippen molar-refractivity contribution in [1.82, 2.24) is 4.57 Å². The molecule has 1 heterocycles. The highest BCUT2D eigenvalue weighted by atomic mass is 16.5. The number of rotatable bonds is 11. The van der Waals surface area contributed by atoms with Gasteiger partial charge in [-0.3, -0.25) is 0 Å². The topological polar surface area (TPSA) is 60.7 Å². The van der Waals surface area contributed by atoms with Gasteiger partial charge in [0.2, 0.25) is 0 Å². The Balaban J connectivity index is 1.96. The fourth-order valence-electron chi connectivity index (χ4n) is 3.38. The molecule has 154 valence electrons. The van der Waals surface area contributed by atoms with E-state index in [2.05, 4.69) is 44.4 Å². The summed E-state index contributed by atoms with van der Waals surface area (Å²) >= 11 is 0. The third-order valence-corrected chi connectivity index (χ3v) is 4.80. The second kappa shape index (κ2) is 10.3. The number of aromatic nitrogens is 1. The van der Waals surface area contributed by atoms with E-state index in [1.54, 1.807) is 6.92 Å². The molecule has 28 heavy (non-hydrogen) atoms. The molecular formula is C23H33NO4. The molecule has 0 aliphatic heterocycles. The molecule has 0 bridgehead atoms. The molecule has 0 spiro atoms. The molecule has 0 amide bonds. The normalized spacial score (nSPS) is 12.5. The second-order valence-electron chi connectivity index (χ2n) is 7.62. The van der Waals surface area contributed by atoms with Crippen LogP contribution >= 0.6 is 0 Å². The second-order valence-corrected chi connectivity index (χ2v) is 7.62. The van der Waals surface area contributed by atoms with Crippen molar-refractivity contribution in [2.24, 2.45) is 0 Å². The van der Waals surface area contributed by atoms with E-state index in [0.717, 1.165) is 17.9 Å². The molecule has 0 aliphatic carbocycles. The van der Waals surface area contributed by atoms with Crippen LogP contribution in [0.3, 0.4) is 0 Å². The van der Waals surface area contributed by atoms with Crippen LogP contribution in [0, 0.1) is 0 Å². The van der Waals surface area contributed by atoms with Gasteiger partial charge in [-0.25, -0.2) is 4.79 Å². The summed E-state index contributed by atoms with van der Waals surface area (Å²) in [5, 5.41) is 9.20. The van der Waals surface area contributed by atoms with E-state index in [0.29, 0.717) is 31.5 Å². The Bertz CT molecular complexity index is 721. The zero-order valence-electron chi connectivity index (χ0n) is 17.6. The number of carbonyl (C=O) groups is 1. The molecule has 2 rings (SSSR count). The van der Waals surface area contributed by atoms with E-state index in [9.17, 15) is 9.90 Å². The number of hydrogen-bond acceptors (Lipinski definition) is 3. The summed E-state index contributed by atoms with van der Waals surface area (Å²) in [6.45, 7) is 12.4. The quantitative estimate of drug-likeness (QED) is 0.599. The number of carboxylic acid groups (broad SMARTS) is 1. The molecule has 0 aliphatic rings. The van der Waals surface area contributed by atoms with E-state index >= 15 is 0 Å². The number of benzene rings is 1. The summed E-state index contributed by atoms with van der Waals surface area (Å²) in [5.74, 6) is 0.797. The Labute approximate surface area is 168 Å². The fourth-order valence-corrected chi connectivity index (χ4v) is 3.38. The average molecular weight is 388 g/mol. The monoisotopic (exact) mass is 387 g/mol. The molecule has 2 aromatic rings. The minimum absolute atomic E-state index is 0.350. The van der Waals surface area contributed by atoms with Gasteiger partial charge in [0, 0.05) is 24.4 Å². The van der Waals surface area contributed by atoms with Crippen LogP contribution in [-0.4, -0.2) is 35.0 Å². The summed E-state index contributed by atoms with van der Waals surface area (Å²) in [6.07, 6.45) is -0.461. The van der Waals surface area contributed by atoms with Gasteiger partial charge in [-0.2, -0.15) is 0 Å². The molecule has 0 fully saturated rings. The Hall–Kier alpha value is -2.27. The first-order valence-electron chi connectivity index (χ1n) is 10.1. The molecule has 5 heteroatoms. The van der Waals surface area contributed by atoms with Crippen molar-refractivity contribution in [3.63, 3.8) is 0 Å². The van der Waals surface area contributed by atoms with Crippen LogP contribution in [0.25, 0.3) is 0 Å². The maximum Gasteiger partial charge on any atom is 0.333 e. The maximum atomic E-state index is 11.2. The van der Waals surface area contributed by atoms with Crippen LogP contribution in [0.5, 0.6) is 5.75 Å². The van der Waals surface area contributed by atoms with E-state index in [1.165, 1.54) is 11.4 Å². The van der Waals surface area contributed by atoms with Crippen molar-refractivity contribution in [3.8, 4) is 5.75 Å². The summed E-state index contributed by atoms with van der Waals surface area (Å²) < 4.78 is 13.6. The number of hydrogen-bond donors (Lipinski definition) is 1. The van der Waals surface area contributed by atoms with Crippen molar-refractivity contribution >= 4 is 5.97 Å². The van der Waals surface area contributed by atoms with Gasteiger partial charge in [0.15, 0.2) is 6.10 Å². The predicted octanol–water partition coefficient (Wildman–Crippen LogP) is 4.85. The van der Waals surface area contributed by atoms with Crippen molar-refractivity contribution < 1.29 is 19.4 Å². The molecule has 1 atom stereocenters. The van der Waals surface area contributed by atoms with Crippen LogP contribution in [-0.2, 0) is 22.5 Å². The van der Waals surface area contributed by atoms with Crippen LogP contribution in [0.1, 0.15) is 63.4 Å². The van der Waals surface area contributed by atoms with Gasteiger partial charge >= 0.3 is 5.97 Å². The fraction of sp³-hybridized carbons (Fsp3) is 0.522. The largest absolute Gasteiger partial charge is 0.492 e. The average Bonchev–Trinajstić information content (AvgIpc) is 3.07. The number of carboxylic acids is 1. The summed E-state index contributed by atoms with van der Waals surface area (Å²) in [7, 11) is 0. The molecule has 0 saturated carbocycles. The summed E-state index contributed by atoms with van der Waals surface area (Å²) in [6, 6.07) is 12.0. The van der Waals surface area contributed by atoms with Gasteiger partial charge in [0.1, 0.15) is 12.4 Å². The van der Waals surface area contributed by atoms with E-state index in [-0.39, 0.29) is 0 Å². The van der Waals surface area contributed by atoms with Gasteiger partial charge in [-0.15, -0.1) is 0 Å². The minimum atomic E-state index is -0.934. The predicted molar refractivity (Wildman–Crippen MR) is 111 cm³/mol. The Morgan fingerprint density at radius 1 is 1.00 bits per heavy atom.